The average molecular weight is 1350 g/mol. The van der Waals surface area contributed by atoms with E-state index in [4.69, 9.17) is 47.4 Å². The molecule has 0 fully saturated rings. The molecule has 0 aromatic rings. The van der Waals surface area contributed by atoms with Crippen LogP contribution in [0.1, 0.15) is 223 Å². The molecule has 0 bridgehead atoms. The molecule has 94 heavy (non-hydrogen) atoms. The molecule has 4 N–H and O–H groups in total. The van der Waals surface area contributed by atoms with Gasteiger partial charge in [0.25, 0.3) is 0 Å². The van der Waals surface area contributed by atoms with Crippen LogP contribution >= 0.6 is 0 Å². The number of carbonyl (C=O) groups is 14. The van der Waals surface area contributed by atoms with Gasteiger partial charge >= 0.3 is 83.6 Å². The maximum Gasteiger partial charge on any atom is 0.347 e. The molecule has 28 nitrogen and oxygen atoms in total. The minimum Gasteiger partial charge on any atom is -0.481 e. The normalized spacial score (nSPS) is 15.7. The van der Waals surface area contributed by atoms with Crippen molar-refractivity contribution in [3.63, 3.8) is 0 Å². The number of ether oxygens (including phenoxy) is 10. The molecule has 0 saturated heterocycles. The van der Waals surface area contributed by atoms with Crippen LogP contribution in [0.25, 0.3) is 0 Å². The number of methoxy groups -OCH3 is 2. The summed E-state index contributed by atoms with van der Waals surface area (Å²) in [4.78, 5) is 178. The molecular formula is C66H106O28. The zero-order valence-corrected chi connectivity index (χ0v) is 57.3. The molecule has 0 aliphatic rings. The molecule has 0 aliphatic carbocycles. The molecule has 0 heterocycles. The van der Waals surface area contributed by atoms with Crippen LogP contribution in [-0.2, 0) is 114 Å². The Kier molecular flexibility index (Phi) is 41.5. The SMILES string of the molecule is CCCCOC(=O)C(C)CC(C)(CC(CC(CC)(CC(=O)OC(C)C(=O)OCCCCCC(=O)OCCCCOC(=O)CCCCCOC(=O)C(C)OC(=O)CC(CC)(CC(CC(C)(CC(C)C(=O)OCCCC)C(=O)OC)C(=O)O)C(=O)O)C(=O)O)C(=O)O)C(=O)OC. The summed E-state index contributed by atoms with van der Waals surface area (Å²) in [5, 5.41) is 41.2. The van der Waals surface area contributed by atoms with E-state index in [1.54, 1.807) is 0 Å². The van der Waals surface area contributed by atoms with E-state index in [0.717, 1.165) is 27.1 Å². The maximum absolute atomic E-state index is 13.1. The van der Waals surface area contributed by atoms with E-state index in [2.05, 4.69) is 0 Å². The molecule has 538 valence electrons. The van der Waals surface area contributed by atoms with Crippen molar-refractivity contribution >= 4 is 83.6 Å². The molecule has 0 radical (unpaired) electrons. The number of hydrogen-bond acceptors (Lipinski definition) is 24. The first kappa shape index (κ1) is 86.6. The summed E-state index contributed by atoms with van der Waals surface area (Å²) in [5.74, 6) is -18.4. The Morgan fingerprint density at radius 1 is 0.362 bits per heavy atom. The van der Waals surface area contributed by atoms with Crippen molar-refractivity contribution in [3.8, 4) is 0 Å². The summed E-state index contributed by atoms with van der Waals surface area (Å²) < 4.78 is 51.8. The molecule has 10 unspecified atom stereocenters. The van der Waals surface area contributed by atoms with Crippen LogP contribution in [-0.4, -0.2) is 170 Å². The maximum atomic E-state index is 13.1. The van der Waals surface area contributed by atoms with Gasteiger partial charge in [-0.15, -0.1) is 0 Å². The van der Waals surface area contributed by atoms with E-state index >= 15 is 0 Å². The van der Waals surface area contributed by atoms with E-state index in [1.807, 2.05) is 13.8 Å². The van der Waals surface area contributed by atoms with Gasteiger partial charge in [-0.2, -0.15) is 0 Å². The Balaban J connectivity index is 4.81. The predicted octanol–water partition coefficient (Wildman–Crippen LogP) is 8.73. The molecule has 10 atom stereocenters. The molecule has 0 aromatic heterocycles. The summed E-state index contributed by atoms with van der Waals surface area (Å²) >= 11 is 0. The smallest absolute Gasteiger partial charge is 0.347 e. The first-order valence-electron chi connectivity index (χ1n) is 32.6. The topological polar surface area (TPSA) is 412 Å². The number of rotatable bonds is 53. The van der Waals surface area contributed by atoms with Crippen LogP contribution in [0.4, 0.5) is 0 Å². The Bertz CT molecular complexity index is 2310. The minimum absolute atomic E-state index is 0.0708. The summed E-state index contributed by atoms with van der Waals surface area (Å²) in [6, 6.07) is 0. The van der Waals surface area contributed by atoms with Crippen molar-refractivity contribution in [2.45, 2.75) is 236 Å². The number of aliphatic carboxylic acids is 4. The lowest BCUT2D eigenvalue weighted by Crippen LogP contribution is -2.41. The minimum atomic E-state index is -1.99. The van der Waals surface area contributed by atoms with Gasteiger partial charge < -0.3 is 67.8 Å². The fourth-order valence-corrected chi connectivity index (χ4v) is 10.8. The monoisotopic (exact) mass is 1350 g/mol. The standard InChI is InChI=1S/C66H106O28/c1-13-17-29-89-55(75)43(5)35-63(9,61(83)85-11)37-47(53(71)72)39-65(15-3,59(79)80)41-51(69)93-45(7)57(77)91-33-23-19-21-27-49(67)87-31-25-26-32-88-50(68)28-22-20-24-34-92-58(78)46(8)94-52(70)42-66(16-4,60(81)82)40-48(54(73)74)38-64(10,62(84)86-12)36-44(6)56(76)90-30-18-14-2/h43-48H,13-42H2,1-12H3,(H,71,72)(H,73,74)(H,79,80)(H,81,82). The first-order chi connectivity index (χ1) is 44.1. The number of esters is 10. The Hall–Kier alpha value is -7.42. The number of carboxylic acid groups (broad SMARTS) is 4. The van der Waals surface area contributed by atoms with Crippen molar-refractivity contribution < 1.29 is 135 Å². The Morgan fingerprint density at radius 3 is 0.947 bits per heavy atom. The second kappa shape index (κ2) is 45.0. The highest BCUT2D eigenvalue weighted by molar-refractivity contribution is 5.87. The van der Waals surface area contributed by atoms with Crippen molar-refractivity contribution in [2.75, 3.05) is 53.9 Å². The van der Waals surface area contributed by atoms with Crippen molar-refractivity contribution in [2.24, 2.45) is 45.3 Å². The Morgan fingerprint density at radius 2 is 0.660 bits per heavy atom. The van der Waals surface area contributed by atoms with E-state index in [-0.39, 0.29) is 78.2 Å². The van der Waals surface area contributed by atoms with Gasteiger partial charge in [0.1, 0.15) is 0 Å². The highest BCUT2D eigenvalue weighted by Gasteiger charge is 2.50. The number of carbonyl (C=O) groups excluding carboxylic acids is 10. The third-order valence-corrected chi connectivity index (χ3v) is 16.6. The lowest BCUT2D eigenvalue weighted by atomic mass is 9.68. The molecular weight excluding hydrogens is 1240 g/mol. The summed E-state index contributed by atoms with van der Waals surface area (Å²) in [5.41, 5.74) is -7.10. The lowest BCUT2D eigenvalue weighted by Gasteiger charge is -2.35. The molecule has 0 aliphatic heterocycles. The van der Waals surface area contributed by atoms with Crippen LogP contribution in [0.2, 0.25) is 0 Å². The van der Waals surface area contributed by atoms with Crippen molar-refractivity contribution in [1.29, 1.82) is 0 Å². The van der Waals surface area contributed by atoms with Crippen LogP contribution in [0.15, 0.2) is 0 Å². The van der Waals surface area contributed by atoms with Crippen molar-refractivity contribution in [1.82, 2.24) is 0 Å². The third-order valence-electron chi connectivity index (χ3n) is 16.6. The summed E-state index contributed by atoms with van der Waals surface area (Å²) in [6.45, 7) is 15.4. The fourth-order valence-electron chi connectivity index (χ4n) is 10.8. The van der Waals surface area contributed by atoms with Gasteiger partial charge in [-0.25, -0.2) is 9.59 Å². The zero-order chi connectivity index (χ0) is 71.8. The van der Waals surface area contributed by atoms with Gasteiger partial charge in [0.05, 0.1) is 112 Å². The van der Waals surface area contributed by atoms with E-state index in [1.165, 1.54) is 55.4 Å². The molecule has 0 saturated carbocycles. The third kappa shape index (κ3) is 32.1. The second-order valence-electron chi connectivity index (χ2n) is 24.8. The van der Waals surface area contributed by atoms with Crippen LogP contribution in [0, 0.1) is 45.3 Å². The summed E-state index contributed by atoms with van der Waals surface area (Å²) in [6.07, 6.45) is -1.26. The summed E-state index contributed by atoms with van der Waals surface area (Å²) in [7, 11) is 2.21. The molecule has 0 amide bonds. The van der Waals surface area contributed by atoms with Gasteiger partial charge in [-0.05, 0) is 143 Å². The van der Waals surface area contributed by atoms with E-state index in [9.17, 15) is 87.5 Å². The van der Waals surface area contributed by atoms with Gasteiger partial charge in [0.15, 0.2) is 12.2 Å². The molecule has 0 rings (SSSR count). The van der Waals surface area contributed by atoms with Crippen LogP contribution in [0.5, 0.6) is 0 Å². The van der Waals surface area contributed by atoms with Gasteiger partial charge in [-0.1, -0.05) is 54.4 Å². The van der Waals surface area contributed by atoms with Gasteiger partial charge in [0, 0.05) is 12.8 Å². The van der Waals surface area contributed by atoms with Crippen LogP contribution < -0.4 is 0 Å². The Labute approximate surface area is 551 Å². The average Bonchev–Trinajstić information content (AvgIpc) is 0.813. The lowest BCUT2D eigenvalue weighted by molar-refractivity contribution is -0.172. The fraction of sp³-hybridized carbons (Fsp3) is 0.788. The molecule has 0 spiro atoms. The van der Waals surface area contributed by atoms with E-state index < -0.39 is 180 Å². The first-order valence-corrected chi connectivity index (χ1v) is 32.6. The second-order valence-corrected chi connectivity index (χ2v) is 24.8. The van der Waals surface area contributed by atoms with Gasteiger partial charge in [0.2, 0.25) is 0 Å². The number of carboxylic acids is 4. The van der Waals surface area contributed by atoms with E-state index in [0.29, 0.717) is 64.2 Å². The zero-order valence-electron chi connectivity index (χ0n) is 57.3. The van der Waals surface area contributed by atoms with Gasteiger partial charge in [-0.3, -0.25) is 57.5 Å². The quantitative estimate of drug-likeness (QED) is 0.0251. The predicted molar refractivity (Wildman–Crippen MR) is 331 cm³/mol. The number of hydrogen-bond donors (Lipinski definition) is 4. The van der Waals surface area contributed by atoms with Crippen LogP contribution in [0.3, 0.4) is 0 Å². The molecule has 0 aromatic carbocycles. The van der Waals surface area contributed by atoms with Crippen molar-refractivity contribution in [3.05, 3.63) is 0 Å². The number of unbranched alkanes of at least 4 members (excludes halogenated alkanes) is 7. The highest BCUT2D eigenvalue weighted by Crippen LogP contribution is 2.44. The highest BCUT2D eigenvalue weighted by atomic mass is 16.6. The largest absolute Gasteiger partial charge is 0.481 e. The molecule has 28 heteroatoms.